The van der Waals surface area contributed by atoms with Crippen molar-refractivity contribution in [2.45, 2.75) is 11.2 Å². The Kier molecular flexibility index (Phi) is 5.84. The largest absolute Gasteiger partial charge is 0.355 e. The molecule has 0 aliphatic carbocycles. The van der Waals surface area contributed by atoms with Gasteiger partial charge < -0.3 is 9.47 Å². The monoisotopic (exact) mass is 324 g/mol. The van der Waals surface area contributed by atoms with Gasteiger partial charge >= 0.3 is 0 Å². The van der Waals surface area contributed by atoms with E-state index < -0.39 is 0 Å². The quantitative estimate of drug-likeness (QED) is 0.471. The average molecular weight is 324 g/mol. The van der Waals surface area contributed by atoms with Gasteiger partial charge in [-0.05, 0) is 34.7 Å². The Morgan fingerprint density at radius 2 is 1.93 bits per heavy atom. The molecule has 2 nitrogen and oxygen atoms in total. The number of halogens is 1. The molecule has 0 aliphatic heterocycles. The number of rotatable bonds is 5. The summed E-state index contributed by atoms with van der Waals surface area (Å²) in [5.74, 6) is 0.813. The molecule has 0 spiro atoms. The van der Waals surface area contributed by atoms with Gasteiger partial charge in [-0.3, -0.25) is 0 Å². The van der Waals surface area contributed by atoms with E-state index in [4.69, 9.17) is 9.47 Å². The first-order valence-electron chi connectivity index (χ1n) is 4.21. The molecule has 1 rings (SSSR count). The van der Waals surface area contributed by atoms with Gasteiger partial charge in [0.25, 0.3) is 0 Å². The number of thioether (sulfide) groups is 1. The number of benzene rings is 1. The van der Waals surface area contributed by atoms with E-state index in [9.17, 15) is 0 Å². The van der Waals surface area contributed by atoms with Crippen molar-refractivity contribution in [3.05, 3.63) is 27.8 Å². The number of hydrogen-bond donors (Lipinski definition) is 0. The predicted octanol–water partition coefficient (Wildman–Crippen LogP) is 3.00. The molecule has 1 aromatic rings. The third-order valence-electron chi connectivity index (χ3n) is 1.74. The van der Waals surface area contributed by atoms with Crippen LogP contribution in [0.3, 0.4) is 0 Å². The summed E-state index contributed by atoms with van der Waals surface area (Å²) in [7, 11) is 3.31. The van der Waals surface area contributed by atoms with Gasteiger partial charge in [0, 0.05) is 28.4 Å². The van der Waals surface area contributed by atoms with Gasteiger partial charge in [0.2, 0.25) is 0 Å². The van der Waals surface area contributed by atoms with Crippen molar-refractivity contribution in [1.29, 1.82) is 0 Å². The van der Waals surface area contributed by atoms with Crippen LogP contribution in [0.4, 0.5) is 0 Å². The summed E-state index contributed by atoms with van der Waals surface area (Å²) in [6.45, 7) is 0. The van der Waals surface area contributed by atoms with Crippen molar-refractivity contribution in [3.8, 4) is 0 Å². The van der Waals surface area contributed by atoms with Crippen LogP contribution in [0.15, 0.2) is 29.2 Å². The Balaban J connectivity index is 2.49. The van der Waals surface area contributed by atoms with E-state index in [0.717, 1.165) is 5.75 Å². The van der Waals surface area contributed by atoms with Crippen LogP contribution in [0.2, 0.25) is 0 Å². The number of hydrogen-bond acceptors (Lipinski definition) is 3. The standard InChI is InChI=1S/C10H13IO2S/c1-12-10(13-2)7-14-9-6-4-3-5-8(9)11/h3-6,10H,7H2,1-2H3. The van der Waals surface area contributed by atoms with Crippen molar-refractivity contribution >= 4 is 34.4 Å². The van der Waals surface area contributed by atoms with Crippen LogP contribution >= 0.6 is 34.4 Å². The molecule has 0 aromatic heterocycles. The molecule has 0 unspecified atom stereocenters. The topological polar surface area (TPSA) is 18.5 Å². The lowest BCUT2D eigenvalue weighted by atomic mass is 10.4. The lowest BCUT2D eigenvalue weighted by molar-refractivity contribution is -0.0842. The van der Waals surface area contributed by atoms with Gasteiger partial charge in [-0.25, -0.2) is 0 Å². The molecular weight excluding hydrogens is 311 g/mol. The molecule has 0 fully saturated rings. The maximum absolute atomic E-state index is 5.12. The summed E-state index contributed by atoms with van der Waals surface area (Å²) >= 11 is 4.08. The zero-order valence-corrected chi connectivity index (χ0v) is 11.2. The minimum atomic E-state index is -0.129. The fraction of sp³-hybridized carbons (Fsp3) is 0.400. The van der Waals surface area contributed by atoms with Crippen LogP contribution < -0.4 is 0 Å². The van der Waals surface area contributed by atoms with E-state index in [1.807, 2.05) is 12.1 Å². The van der Waals surface area contributed by atoms with E-state index in [0.29, 0.717) is 0 Å². The van der Waals surface area contributed by atoms with Crippen molar-refractivity contribution < 1.29 is 9.47 Å². The number of ether oxygens (including phenoxy) is 2. The normalized spacial score (nSPS) is 10.9. The molecule has 0 saturated heterocycles. The van der Waals surface area contributed by atoms with Gasteiger partial charge in [-0.1, -0.05) is 12.1 Å². The van der Waals surface area contributed by atoms with Crippen LogP contribution in [0, 0.1) is 3.57 Å². The fourth-order valence-electron chi connectivity index (χ4n) is 0.952. The highest BCUT2D eigenvalue weighted by atomic mass is 127. The third kappa shape index (κ3) is 3.76. The van der Waals surface area contributed by atoms with Crippen LogP contribution in [-0.4, -0.2) is 26.3 Å². The van der Waals surface area contributed by atoms with Crippen molar-refractivity contribution in [1.82, 2.24) is 0 Å². The van der Waals surface area contributed by atoms with Crippen LogP contribution in [0.25, 0.3) is 0 Å². The first kappa shape index (κ1) is 12.3. The minimum absolute atomic E-state index is 0.129. The second-order valence-electron chi connectivity index (χ2n) is 2.64. The van der Waals surface area contributed by atoms with E-state index in [-0.39, 0.29) is 6.29 Å². The first-order valence-corrected chi connectivity index (χ1v) is 6.27. The van der Waals surface area contributed by atoms with E-state index in [1.165, 1.54) is 8.47 Å². The van der Waals surface area contributed by atoms with Crippen LogP contribution in [0.5, 0.6) is 0 Å². The molecule has 78 valence electrons. The average Bonchev–Trinajstić information content (AvgIpc) is 2.22. The molecule has 0 atom stereocenters. The predicted molar refractivity (Wildman–Crippen MR) is 67.7 cm³/mol. The second-order valence-corrected chi connectivity index (χ2v) is 4.87. The van der Waals surface area contributed by atoms with E-state index >= 15 is 0 Å². The minimum Gasteiger partial charge on any atom is -0.355 e. The Labute approximate surface area is 103 Å². The number of methoxy groups -OCH3 is 2. The molecular formula is C10H13IO2S. The van der Waals surface area contributed by atoms with Crippen LogP contribution in [0.1, 0.15) is 0 Å². The molecule has 0 radical (unpaired) electrons. The molecule has 0 amide bonds. The summed E-state index contributed by atoms with van der Waals surface area (Å²) in [6, 6.07) is 8.28. The maximum atomic E-state index is 5.12. The van der Waals surface area contributed by atoms with Gasteiger partial charge in [0.1, 0.15) is 0 Å². The molecule has 0 bridgehead atoms. The fourth-order valence-corrected chi connectivity index (χ4v) is 2.77. The molecule has 0 N–H and O–H groups in total. The van der Waals surface area contributed by atoms with E-state index in [2.05, 4.69) is 34.7 Å². The van der Waals surface area contributed by atoms with E-state index in [1.54, 1.807) is 26.0 Å². The molecule has 14 heavy (non-hydrogen) atoms. The smallest absolute Gasteiger partial charge is 0.166 e. The zero-order chi connectivity index (χ0) is 10.4. The Bertz CT molecular complexity index is 277. The second kappa shape index (κ2) is 6.66. The Hall–Kier alpha value is 0.220. The molecule has 0 heterocycles. The van der Waals surface area contributed by atoms with Crippen molar-refractivity contribution in [2.75, 3.05) is 20.0 Å². The lowest BCUT2D eigenvalue weighted by Gasteiger charge is -2.12. The third-order valence-corrected chi connectivity index (χ3v) is 4.15. The highest BCUT2D eigenvalue weighted by molar-refractivity contribution is 14.1. The van der Waals surface area contributed by atoms with Gasteiger partial charge in [0.15, 0.2) is 6.29 Å². The summed E-state index contributed by atoms with van der Waals surface area (Å²) in [4.78, 5) is 1.27. The molecule has 0 aliphatic rings. The summed E-state index contributed by atoms with van der Waals surface area (Å²) in [5, 5.41) is 0. The summed E-state index contributed by atoms with van der Waals surface area (Å²) in [5.41, 5.74) is 0. The molecule has 1 aromatic carbocycles. The lowest BCUT2D eigenvalue weighted by Crippen LogP contribution is -2.15. The first-order chi connectivity index (χ1) is 6.77. The Morgan fingerprint density at radius 1 is 1.29 bits per heavy atom. The molecule has 4 heteroatoms. The maximum Gasteiger partial charge on any atom is 0.166 e. The Morgan fingerprint density at radius 3 is 2.50 bits per heavy atom. The summed E-state index contributed by atoms with van der Waals surface area (Å²) < 4.78 is 11.5. The molecule has 0 saturated carbocycles. The van der Waals surface area contributed by atoms with Gasteiger partial charge in [-0.15, -0.1) is 11.8 Å². The van der Waals surface area contributed by atoms with Gasteiger partial charge in [0.05, 0.1) is 0 Å². The van der Waals surface area contributed by atoms with Gasteiger partial charge in [-0.2, -0.15) is 0 Å². The van der Waals surface area contributed by atoms with Crippen molar-refractivity contribution in [2.24, 2.45) is 0 Å². The van der Waals surface area contributed by atoms with Crippen LogP contribution in [-0.2, 0) is 9.47 Å². The van der Waals surface area contributed by atoms with Crippen molar-refractivity contribution in [3.63, 3.8) is 0 Å². The SMILES string of the molecule is COC(CSc1ccccc1I)OC. The summed E-state index contributed by atoms with van der Waals surface area (Å²) in [6.07, 6.45) is -0.129. The highest BCUT2D eigenvalue weighted by Crippen LogP contribution is 2.24. The highest BCUT2D eigenvalue weighted by Gasteiger charge is 2.06. The zero-order valence-electron chi connectivity index (χ0n) is 8.20.